The highest BCUT2D eigenvalue weighted by Crippen LogP contribution is 2.31. The molecule has 37 heavy (non-hydrogen) atoms. The van der Waals surface area contributed by atoms with E-state index >= 15 is 0 Å². The minimum Gasteiger partial charge on any atom is -0.377 e. The summed E-state index contributed by atoms with van der Waals surface area (Å²) in [6.45, 7) is 7.51. The van der Waals surface area contributed by atoms with Crippen LogP contribution in [-0.2, 0) is 21.4 Å². The number of nitrogens with one attached hydrogen (secondary N) is 1. The highest BCUT2D eigenvalue weighted by Gasteiger charge is 2.32. The highest BCUT2D eigenvalue weighted by molar-refractivity contribution is 6.00. The molecule has 1 aliphatic carbocycles. The Bertz CT molecular complexity index is 1190. The molecule has 1 aromatic heterocycles. The molecule has 3 heterocycles. The molecule has 10 nitrogen and oxygen atoms in total. The minimum absolute atomic E-state index is 0.0956. The number of imide groups is 1. The zero-order valence-electron chi connectivity index (χ0n) is 22.0. The Kier molecular flexibility index (Phi) is 7.69. The van der Waals surface area contributed by atoms with E-state index in [0.717, 1.165) is 62.3 Å². The number of nitrogens with zero attached hydrogens (tertiary/aromatic N) is 4. The number of piperidine rings is 1. The number of aromatic nitrogens is 2. The van der Waals surface area contributed by atoms with E-state index in [1.807, 2.05) is 19.1 Å². The van der Waals surface area contributed by atoms with E-state index in [0.29, 0.717) is 25.0 Å². The first kappa shape index (κ1) is 25.9. The Morgan fingerprint density at radius 2 is 1.78 bits per heavy atom. The van der Waals surface area contributed by atoms with Gasteiger partial charge in [-0.25, -0.2) is 4.79 Å². The SMILES string of the molecule is C[C@@H](N)COC1CCC(CN2CCN(c3cccc4c3n(C)c(=O)n4C3CCC(=O)NC3=O)CC2)CC1. The number of hydrogen-bond donors (Lipinski definition) is 2. The molecule has 0 spiro atoms. The second-order valence-electron chi connectivity index (χ2n) is 11.1. The van der Waals surface area contributed by atoms with Gasteiger partial charge in [-0.1, -0.05) is 6.07 Å². The largest absolute Gasteiger partial charge is 0.377 e. The number of anilines is 1. The van der Waals surface area contributed by atoms with Crippen molar-refractivity contribution in [2.75, 3.05) is 44.2 Å². The standard InChI is InChI=1S/C27H40N6O4/c1-18(28)17-37-20-8-6-19(7-9-20)16-31-12-14-32(15-13-31)21-4-3-5-22-25(21)30(2)27(36)33(22)23-10-11-24(34)29-26(23)35/h3-5,18-20,23H,6-17,28H2,1-2H3,(H,29,34,35)/t18-,19?,20?,23?/m1/s1. The summed E-state index contributed by atoms with van der Waals surface area (Å²) in [7, 11) is 1.76. The Morgan fingerprint density at radius 3 is 2.46 bits per heavy atom. The van der Waals surface area contributed by atoms with E-state index in [2.05, 4.69) is 21.2 Å². The third kappa shape index (κ3) is 5.46. The van der Waals surface area contributed by atoms with Crippen LogP contribution in [0, 0.1) is 5.92 Å². The lowest BCUT2D eigenvalue weighted by Gasteiger charge is -2.39. The van der Waals surface area contributed by atoms with Crippen LogP contribution in [0.2, 0.25) is 0 Å². The topological polar surface area (TPSA) is 115 Å². The predicted molar refractivity (Wildman–Crippen MR) is 143 cm³/mol. The Morgan fingerprint density at radius 1 is 1.05 bits per heavy atom. The van der Waals surface area contributed by atoms with E-state index in [1.165, 1.54) is 12.8 Å². The van der Waals surface area contributed by atoms with Crippen molar-refractivity contribution in [2.45, 2.75) is 63.6 Å². The predicted octanol–water partition coefficient (Wildman–Crippen LogP) is 1.36. The number of carbonyl (C=O) groups is 2. The lowest BCUT2D eigenvalue weighted by Crippen LogP contribution is -2.48. The number of imidazole rings is 1. The van der Waals surface area contributed by atoms with E-state index in [4.69, 9.17) is 10.5 Å². The molecule has 0 bridgehead atoms. The average molecular weight is 513 g/mol. The molecule has 2 aliphatic heterocycles. The van der Waals surface area contributed by atoms with Gasteiger partial charge < -0.3 is 15.4 Å². The lowest BCUT2D eigenvalue weighted by atomic mass is 9.87. The molecule has 3 fully saturated rings. The minimum atomic E-state index is -0.666. The quantitative estimate of drug-likeness (QED) is 0.539. The van der Waals surface area contributed by atoms with Crippen molar-refractivity contribution >= 4 is 28.5 Å². The fourth-order valence-corrected chi connectivity index (χ4v) is 6.21. The van der Waals surface area contributed by atoms with Gasteiger partial charge in [0.05, 0.1) is 29.4 Å². The van der Waals surface area contributed by atoms with Gasteiger partial charge in [-0.05, 0) is 57.1 Å². The normalized spacial score (nSPS) is 26.5. The van der Waals surface area contributed by atoms with Crippen LogP contribution in [0.3, 0.4) is 0 Å². The number of nitrogens with two attached hydrogens (primary N) is 1. The van der Waals surface area contributed by atoms with Crippen LogP contribution in [0.1, 0.15) is 51.5 Å². The van der Waals surface area contributed by atoms with Gasteiger partial charge in [0.15, 0.2) is 0 Å². The zero-order chi connectivity index (χ0) is 26.1. The average Bonchev–Trinajstić information content (AvgIpc) is 3.14. The van der Waals surface area contributed by atoms with Gasteiger partial charge in [-0.3, -0.25) is 28.9 Å². The summed E-state index contributed by atoms with van der Waals surface area (Å²) >= 11 is 0. The number of carbonyl (C=O) groups excluding carboxylic acids is 2. The van der Waals surface area contributed by atoms with Crippen LogP contribution in [0.15, 0.2) is 23.0 Å². The molecule has 1 unspecified atom stereocenters. The van der Waals surface area contributed by atoms with Gasteiger partial charge >= 0.3 is 5.69 Å². The van der Waals surface area contributed by atoms with Crippen molar-refractivity contribution in [1.29, 1.82) is 0 Å². The Balaban J connectivity index is 1.23. The zero-order valence-corrected chi connectivity index (χ0v) is 22.0. The first-order valence-corrected chi connectivity index (χ1v) is 13.7. The molecular weight excluding hydrogens is 472 g/mol. The molecule has 2 saturated heterocycles. The van der Waals surface area contributed by atoms with Gasteiger partial charge in [0.2, 0.25) is 11.8 Å². The molecular formula is C27H40N6O4. The van der Waals surface area contributed by atoms with Crippen molar-refractivity contribution in [3.63, 3.8) is 0 Å². The maximum Gasteiger partial charge on any atom is 0.329 e. The molecule has 2 aromatic rings. The summed E-state index contributed by atoms with van der Waals surface area (Å²) in [6, 6.07) is 5.35. The van der Waals surface area contributed by atoms with Crippen LogP contribution < -0.4 is 21.6 Å². The number of benzene rings is 1. The van der Waals surface area contributed by atoms with E-state index in [1.54, 1.807) is 16.2 Å². The smallest absolute Gasteiger partial charge is 0.329 e. The maximum atomic E-state index is 13.2. The number of ether oxygens (including phenoxy) is 1. The number of aryl methyl sites for hydroxylation is 1. The molecule has 3 N–H and O–H groups in total. The fourth-order valence-electron chi connectivity index (χ4n) is 6.21. The summed E-state index contributed by atoms with van der Waals surface area (Å²) in [5.41, 5.74) is 8.21. The van der Waals surface area contributed by atoms with Crippen molar-refractivity contribution < 1.29 is 14.3 Å². The molecule has 1 aromatic carbocycles. The van der Waals surface area contributed by atoms with E-state index in [9.17, 15) is 14.4 Å². The summed E-state index contributed by atoms with van der Waals surface area (Å²) in [5.74, 6) is 0.0311. The van der Waals surface area contributed by atoms with Crippen molar-refractivity contribution in [2.24, 2.45) is 18.7 Å². The number of hydrogen-bond acceptors (Lipinski definition) is 7. The fraction of sp³-hybridized carbons (Fsp3) is 0.667. The third-order valence-electron chi connectivity index (χ3n) is 8.22. The second-order valence-corrected chi connectivity index (χ2v) is 11.1. The number of amides is 2. The maximum absolute atomic E-state index is 13.2. The summed E-state index contributed by atoms with van der Waals surface area (Å²) < 4.78 is 9.15. The third-order valence-corrected chi connectivity index (χ3v) is 8.22. The van der Waals surface area contributed by atoms with E-state index < -0.39 is 11.9 Å². The number of para-hydroxylation sites is 1. The van der Waals surface area contributed by atoms with Crippen LogP contribution in [0.5, 0.6) is 0 Å². The molecule has 10 heteroatoms. The number of fused-ring (bicyclic) bond motifs is 1. The van der Waals surface area contributed by atoms with Crippen LogP contribution in [-0.4, -0.2) is 77.3 Å². The van der Waals surface area contributed by atoms with Crippen molar-refractivity contribution in [3.05, 3.63) is 28.7 Å². The van der Waals surface area contributed by atoms with Crippen molar-refractivity contribution in [3.8, 4) is 0 Å². The van der Waals surface area contributed by atoms with Crippen LogP contribution in [0.25, 0.3) is 11.0 Å². The van der Waals surface area contributed by atoms with Crippen LogP contribution in [0.4, 0.5) is 5.69 Å². The van der Waals surface area contributed by atoms with Gasteiger partial charge in [-0.15, -0.1) is 0 Å². The second kappa shape index (κ2) is 11.0. The summed E-state index contributed by atoms with van der Waals surface area (Å²) in [6.07, 6.45) is 5.60. The van der Waals surface area contributed by atoms with Crippen LogP contribution >= 0.6 is 0 Å². The molecule has 1 saturated carbocycles. The summed E-state index contributed by atoms with van der Waals surface area (Å²) in [4.78, 5) is 42.3. The first-order chi connectivity index (χ1) is 17.8. The van der Waals surface area contributed by atoms with Gasteiger partial charge in [0.25, 0.3) is 0 Å². The molecule has 3 aliphatic rings. The molecule has 2 amide bonds. The Hall–Kier alpha value is -2.69. The van der Waals surface area contributed by atoms with Gasteiger partial charge in [-0.2, -0.15) is 0 Å². The molecule has 5 rings (SSSR count). The molecule has 0 radical (unpaired) electrons. The van der Waals surface area contributed by atoms with Crippen molar-refractivity contribution in [1.82, 2.24) is 19.4 Å². The summed E-state index contributed by atoms with van der Waals surface area (Å²) in [5, 5.41) is 2.38. The Labute approximate surface area is 217 Å². The lowest BCUT2D eigenvalue weighted by molar-refractivity contribution is -0.135. The highest BCUT2D eigenvalue weighted by atomic mass is 16.5. The first-order valence-electron chi connectivity index (χ1n) is 13.7. The van der Waals surface area contributed by atoms with Gasteiger partial charge in [0.1, 0.15) is 6.04 Å². The van der Waals surface area contributed by atoms with E-state index in [-0.39, 0.29) is 24.1 Å². The number of rotatable bonds is 7. The molecule has 202 valence electrons. The molecule has 2 atom stereocenters. The number of piperazine rings is 1. The van der Waals surface area contributed by atoms with Gasteiger partial charge in [0, 0.05) is 52.2 Å². The monoisotopic (exact) mass is 512 g/mol.